The third-order valence-corrected chi connectivity index (χ3v) is 4.91. The molecule has 1 aliphatic heterocycles. The Labute approximate surface area is 127 Å². The quantitative estimate of drug-likeness (QED) is 0.923. The van der Waals surface area contributed by atoms with Gasteiger partial charge in [0.05, 0.1) is 0 Å². The molecule has 1 amide bonds. The van der Waals surface area contributed by atoms with E-state index in [1.165, 1.54) is 5.56 Å². The number of piperidine rings is 1. The van der Waals surface area contributed by atoms with Crippen LogP contribution in [0.1, 0.15) is 44.7 Å². The standard InChI is InChI=1S/C18H26N2O/c1-13-12-20(18(21)16-8-9-16)11-10-17(13)19-14(2)15-6-4-3-5-7-15/h3-7,13-14,16-17,19H,8-12H2,1-2H3/t13-,14+,17-/m1/s1. The normalized spacial score (nSPS) is 27.4. The highest BCUT2D eigenvalue weighted by atomic mass is 16.2. The van der Waals surface area contributed by atoms with Crippen molar-refractivity contribution in [1.82, 2.24) is 10.2 Å². The number of likely N-dealkylation sites (tertiary alicyclic amines) is 1. The largest absolute Gasteiger partial charge is 0.342 e. The van der Waals surface area contributed by atoms with Crippen LogP contribution in [0, 0.1) is 11.8 Å². The van der Waals surface area contributed by atoms with Crippen LogP contribution in [0.4, 0.5) is 0 Å². The summed E-state index contributed by atoms with van der Waals surface area (Å²) in [6.45, 7) is 6.32. The summed E-state index contributed by atoms with van der Waals surface area (Å²) < 4.78 is 0. The van der Waals surface area contributed by atoms with Crippen molar-refractivity contribution in [1.29, 1.82) is 0 Å². The number of amides is 1. The van der Waals surface area contributed by atoms with Crippen LogP contribution in [-0.2, 0) is 4.79 Å². The molecule has 1 aromatic carbocycles. The lowest BCUT2D eigenvalue weighted by Gasteiger charge is -2.39. The van der Waals surface area contributed by atoms with Gasteiger partial charge in [0.25, 0.3) is 0 Å². The highest BCUT2D eigenvalue weighted by molar-refractivity contribution is 5.81. The van der Waals surface area contributed by atoms with Crippen molar-refractivity contribution >= 4 is 5.91 Å². The molecular weight excluding hydrogens is 260 g/mol. The second-order valence-electron chi connectivity index (χ2n) is 6.73. The first-order chi connectivity index (χ1) is 10.1. The molecular formula is C18H26N2O. The van der Waals surface area contributed by atoms with Crippen molar-refractivity contribution in [2.24, 2.45) is 11.8 Å². The second-order valence-corrected chi connectivity index (χ2v) is 6.73. The Hall–Kier alpha value is -1.35. The molecule has 2 fully saturated rings. The maximum atomic E-state index is 12.2. The lowest BCUT2D eigenvalue weighted by Crippen LogP contribution is -2.50. The highest BCUT2D eigenvalue weighted by Gasteiger charge is 2.36. The van der Waals surface area contributed by atoms with Gasteiger partial charge >= 0.3 is 0 Å². The molecule has 3 rings (SSSR count). The van der Waals surface area contributed by atoms with Gasteiger partial charge in [0, 0.05) is 31.1 Å². The minimum absolute atomic E-state index is 0.352. The fourth-order valence-electron chi connectivity index (χ4n) is 3.34. The Balaban J connectivity index is 1.54. The summed E-state index contributed by atoms with van der Waals surface area (Å²) >= 11 is 0. The van der Waals surface area contributed by atoms with Gasteiger partial charge in [-0.1, -0.05) is 37.3 Å². The van der Waals surface area contributed by atoms with E-state index in [4.69, 9.17) is 0 Å². The summed E-state index contributed by atoms with van der Waals surface area (Å²) in [5.74, 6) is 1.27. The summed E-state index contributed by atoms with van der Waals surface area (Å²) in [7, 11) is 0. The molecule has 1 aromatic rings. The highest BCUT2D eigenvalue weighted by Crippen LogP contribution is 2.32. The van der Waals surface area contributed by atoms with Crippen molar-refractivity contribution in [3.63, 3.8) is 0 Å². The molecule has 114 valence electrons. The van der Waals surface area contributed by atoms with Crippen LogP contribution in [0.3, 0.4) is 0 Å². The Bertz CT molecular complexity index is 483. The van der Waals surface area contributed by atoms with E-state index >= 15 is 0 Å². The Morgan fingerprint density at radius 3 is 2.57 bits per heavy atom. The van der Waals surface area contributed by atoms with E-state index in [2.05, 4.69) is 54.4 Å². The zero-order chi connectivity index (χ0) is 14.8. The maximum Gasteiger partial charge on any atom is 0.225 e. The van der Waals surface area contributed by atoms with Gasteiger partial charge in [-0.3, -0.25) is 4.79 Å². The van der Waals surface area contributed by atoms with Crippen LogP contribution in [-0.4, -0.2) is 29.9 Å². The van der Waals surface area contributed by atoms with Crippen molar-refractivity contribution in [2.75, 3.05) is 13.1 Å². The summed E-state index contributed by atoms with van der Waals surface area (Å²) in [6, 6.07) is 11.5. The first-order valence-corrected chi connectivity index (χ1v) is 8.25. The Kier molecular flexibility index (Phi) is 4.29. The van der Waals surface area contributed by atoms with Gasteiger partial charge in [0.1, 0.15) is 0 Å². The summed E-state index contributed by atoms with van der Waals surface area (Å²) in [5, 5.41) is 3.75. The number of rotatable bonds is 4. The number of benzene rings is 1. The number of carbonyl (C=O) groups is 1. The lowest BCUT2D eigenvalue weighted by atomic mass is 9.92. The number of carbonyl (C=O) groups excluding carboxylic acids is 1. The van der Waals surface area contributed by atoms with Gasteiger partial charge in [0.2, 0.25) is 5.91 Å². The molecule has 0 bridgehead atoms. The molecule has 0 unspecified atom stereocenters. The zero-order valence-electron chi connectivity index (χ0n) is 13.1. The van der Waals surface area contributed by atoms with E-state index in [0.29, 0.717) is 29.8 Å². The fourth-order valence-corrected chi connectivity index (χ4v) is 3.34. The molecule has 1 saturated heterocycles. The molecule has 1 saturated carbocycles. The minimum atomic E-state index is 0.352. The molecule has 0 radical (unpaired) electrons. The summed E-state index contributed by atoms with van der Waals surface area (Å²) in [4.78, 5) is 14.3. The number of hydrogen-bond acceptors (Lipinski definition) is 2. The molecule has 0 spiro atoms. The Morgan fingerprint density at radius 2 is 1.95 bits per heavy atom. The summed E-state index contributed by atoms with van der Waals surface area (Å²) in [5.41, 5.74) is 1.33. The van der Waals surface area contributed by atoms with Gasteiger partial charge in [0.15, 0.2) is 0 Å². The molecule has 1 heterocycles. The van der Waals surface area contributed by atoms with Crippen LogP contribution in [0.2, 0.25) is 0 Å². The van der Waals surface area contributed by atoms with E-state index in [9.17, 15) is 4.79 Å². The average Bonchev–Trinajstić information content (AvgIpc) is 3.34. The van der Waals surface area contributed by atoms with Gasteiger partial charge < -0.3 is 10.2 Å². The van der Waals surface area contributed by atoms with Gasteiger partial charge in [-0.05, 0) is 37.7 Å². The Morgan fingerprint density at radius 1 is 1.24 bits per heavy atom. The SMILES string of the molecule is C[C@H](N[C@@H]1CCN(C(=O)C2CC2)C[C@H]1C)c1ccccc1. The third-order valence-electron chi connectivity index (χ3n) is 4.91. The minimum Gasteiger partial charge on any atom is -0.342 e. The molecule has 1 aliphatic carbocycles. The monoisotopic (exact) mass is 286 g/mol. The number of nitrogens with zero attached hydrogens (tertiary/aromatic N) is 1. The predicted octanol–water partition coefficient (Wildman–Crippen LogP) is 2.98. The molecule has 1 N–H and O–H groups in total. The van der Waals surface area contributed by atoms with E-state index < -0.39 is 0 Å². The lowest BCUT2D eigenvalue weighted by molar-refractivity contribution is -0.134. The molecule has 21 heavy (non-hydrogen) atoms. The van der Waals surface area contributed by atoms with Gasteiger partial charge in [-0.15, -0.1) is 0 Å². The van der Waals surface area contributed by atoms with Crippen LogP contribution in [0.15, 0.2) is 30.3 Å². The summed E-state index contributed by atoms with van der Waals surface area (Å²) in [6.07, 6.45) is 3.28. The van der Waals surface area contributed by atoms with Crippen molar-refractivity contribution in [3.8, 4) is 0 Å². The van der Waals surface area contributed by atoms with Crippen molar-refractivity contribution in [3.05, 3.63) is 35.9 Å². The van der Waals surface area contributed by atoms with Crippen LogP contribution in [0.25, 0.3) is 0 Å². The van der Waals surface area contributed by atoms with Crippen LogP contribution in [0.5, 0.6) is 0 Å². The van der Waals surface area contributed by atoms with Crippen molar-refractivity contribution < 1.29 is 4.79 Å². The fraction of sp³-hybridized carbons (Fsp3) is 0.611. The average molecular weight is 286 g/mol. The maximum absolute atomic E-state index is 12.2. The zero-order valence-corrected chi connectivity index (χ0v) is 13.1. The van der Waals surface area contributed by atoms with E-state index in [1.807, 2.05) is 0 Å². The first-order valence-electron chi connectivity index (χ1n) is 8.25. The van der Waals surface area contributed by atoms with E-state index in [1.54, 1.807) is 0 Å². The van der Waals surface area contributed by atoms with Crippen LogP contribution < -0.4 is 5.32 Å². The van der Waals surface area contributed by atoms with Gasteiger partial charge in [-0.25, -0.2) is 0 Å². The molecule has 2 aliphatic rings. The topological polar surface area (TPSA) is 32.3 Å². The number of nitrogens with one attached hydrogen (secondary N) is 1. The second kappa shape index (κ2) is 6.18. The van der Waals surface area contributed by atoms with Crippen LogP contribution >= 0.6 is 0 Å². The third kappa shape index (κ3) is 3.46. The smallest absolute Gasteiger partial charge is 0.225 e. The molecule has 3 heteroatoms. The molecule has 0 aromatic heterocycles. The molecule has 3 atom stereocenters. The van der Waals surface area contributed by atoms with E-state index in [-0.39, 0.29) is 0 Å². The number of hydrogen-bond donors (Lipinski definition) is 1. The van der Waals surface area contributed by atoms with E-state index in [0.717, 1.165) is 32.4 Å². The molecule has 3 nitrogen and oxygen atoms in total. The predicted molar refractivity (Wildman–Crippen MR) is 84.9 cm³/mol. The van der Waals surface area contributed by atoms with Crippen molar-refractivity contribution in [2.45, 2.75) is 45.2 Å². The van der Waals surface area contributed by atoms with Gasteiger partial charge in [-0.2, -0.15) is 0 Å². The first kappa shape index (κ1) is 14.6.